The van der Waals surface area contributed by atoms with Crippen molar-refractivity contribution in [2.75, 3.05) is 38.2 Å². The molecule has 0 saturated carbocycles. The molecule has 9 aromatic rings. The number of carbonyl (C=O) groups is 4. The van der Waals surface area contributed by atoms with E-state index in [1.807, 2.05) is 213 Å². The molecule has 2 N–H and O–H groups in total. The van der Waals surface area contributed by atoms with E-state index >= 15 is 19.2 Å². The number of rotatable bonds is 20. The molecule has 0 radical (unpaired) electrons. The van der Waals surface area contributed by atoms with Crippen LogP contribution in [0.1, 0.15) is 61.8 Å². The van der Waals surface area contributed by atoms with Crippen LogP contribution in [0.3, 0.4) is 0 Å². The van der Waals surface area contributed by atoms with Gasteiger partial charge in [0.15, 0.2) is 17.3 Å². The number of imidazole rings is 1. The first kappa shape index (κ1) is 59.9. The molecule has 8 aromatic carbocycles. The molecule has 12 heteroatoms. The minimum absolute atomic E-state index is 0.101. The Labute approximate surface area is 522 Å². The summed E-state index contributed by atoms with van der Waals surface area (Å²) in [6, 6.07) is 63.9. The Morgan fingerprint density at radius 2 is 1.03 bits per heavy atom. The predicted molar refractivity (Wildman–Crippen MR) is 359 cm³/mol. The van der Waals surface area contributed by atoms with Crippen LogP contribution in [0, 0.1) is 0 Å². The number of nitrogens with one attached hydrogen (secondary N) is 2. The maximum Gasteiger partial charge on any atom is 0.254 e. The molecule has 2 aliphatic rings. The summed E-state index contributed by atoms with van der Waals surface area (Å²) < 4.78 is 7.56. The quantitative estimate of drug-likeness (QED) is 0.0439. The number of benzene rings is 8. The molecule has 0 spiro atoms. The van der Waals surface area contributed by atoms with E-state index in [1.54, 1.807) is 60.2 Å². The Hall–Kier alpha value is -9.81. The number of aromatic nitrogens is 2. The maximum absolute atomic E-state index is 16.9. The minimum Gasteiger partial charge on any atom is -0.379 e. The number of aryl methyl sites for hydroxylation is 1. The van der Waals surface area contributed by atoms with Gasteiger partial charge in [-0.25, -0.2) is 4.98 Å². The van der Waals surface area contributed by atoms with Crippen molar-refractivity contribution in [1.82, 2.24) is 19.8 Å². The molecule has 2 aliphatic heterocycles. The zero-order valence-corrected chi connectivity index (χ0v) is 50.2. The van der Waals surface area contributed by atoms with Gasteiger partial charge in [-0.15, -0.1) is 0 Å². The highest BCUT2D eigenvalue weighted by Crippen LogP contribution is 2.56. The van der Waals surface area contributed by atoms with Gasteiger partial charge in [0, 0.05) is 43.4 Å². The molecule has 3 heterocycles. The average molecular weight is 1200 g/mol. The SMILES string of the molecule is Cn1c(Nc2c(Cl)cccc2Cl)nc2cc(C(=Cc3ccccc3)C(=O)C=Cc3ccccc3)c3c(c21)C(=O)NC(C=CCN1CCOCC1)(C(=Cc1ccccc1)C(=O)C=Cc1ccccc1)C3(C)C(=Cc1ccccc1)C(=O)C=Cc1ccccc1. The van der Waals surface area contributed by atoms with Gasteiger partial charge in [0.05, 0.1) is 51.0 Å². The topological polar surface area (TPSA) is 123 Å². The highest BCUT2D eigenvalue weighted by Gasteiger charge is 2.61. The van der Waals surface area contributed by atoms with Crippen molar-refractivity contribution in [3.63, 3.8) is 0 Å². The van der Waals surface area contributed by atoms with Crippen molar-refractivity contribution in [2.24, 2.45) is 7.05 Å². The van der Waals surface area contributed by atoms with Gasteiger partial charge in [0.2, 0.25) is 5.95 Å². The Balaban J connectivity index is 1.33. The van der Waals surface area contributed by atoms with Crippen LogP contribution in [0.2, 0.25) is 10.0 Å². The van der Waals surface area contributed by atoms with Gasteiger partial charge in [0.25, 0.3) is 5.91 Å². The number of para-hydroxylation sites is 1. The standard InChI is InChI=1S/C76H63Cl2N5O5/c1-75(61(50-57-31-17-7-18-32-57)67(85)41-38-54-25-11-4-12-26-54)70-60(59(49-56-29-15-6-16-30-56)66(84)40-37-53-23-9-3-10-24-53)52-65-72(82(2)74(79-65)80-71-63(77)35-21-36-64(71)78)69(70)73(87)81-76(75,43-22-44-83-45-47-88-48-46-83)62(51-58-33-19-8-20-34-58)68(86)42-39-55-27-13-5-14-28-55/h3-43,49-52H,44-48H2,1-2H3,(H,79,80)(H,81,87). The first-order chi connectivity index (χ1) is 42.9. The van der Waals surface area contributed by atoms with Gasteiger partial charge in [0.1, 0.15) is 5.54 Å². The number of nitrogens with zero attached hydrogens (tertiary/aromatic N) is 3. The summed E-state index contributed by atoms with van der Waals surface area (Å²) in [6.07, 6.45) is 19.2. The van der Waals surface area contributed by atoms with Crippen LogP contribution in [-0.2, 0) is 31.6 Å². The molecule has 0 bridgehead atoms. The smallest absolute Gasteiger partial charge is 0.254 e. The van der Waals surface area contributed by atoms with E-state index in [2.05, 4.69) is 15.5 Å². The van der Waals surface area contributed by atoms with Gasteiger partial charge in [-0.05, 0) is 106 Å². The summed E-state index contributed by atoms with van der Waals surface area (Å²) in [6.45, 7) is 4.58. The van der Waals surface area contributed by atoms with Crippen LogP contribution in [0.25, 0.3) is 53.1 Å². The lowest BCUT2D eigenvalue weighted by molar-refractivity contribution is -0.113. The molecule has 2 unspecified atom stereocenters. The van der Waals surface area contributed by atoms with Crippen molar-refractivity contribution >= 4 is 111 Å². The predicted octanol–water partition coefficient (Wildman–Crippen LogP) is 15.8. The highest BCUT2D eigenvalue weighted by atomic mass is 35.5. The van der Waals surface area contributed by atoms with Crippen LogP contribution in [0.15, 0.2) is 248 Å². The number of fused-ring (bicyclic) bond motifs is 3. The lowest BCUT2D eigenvalue weighted by Gasteiger charge is -2.54. The first-order valence-electron chi connectivity index (χ1n) is 29.1. The van der Waals surface area contributed by atoms with Crippen LogP contribution in [-0.4, -0.2) is 76.1 Å². The highest BCUT2D eigenvalue weighted by molar-refractivity contribution is 6.39. The monoisotopic (exact) mass is 1200 g/mol. The summed E-state index contributed by atoms with van der Waals surface area (Å²) in [4.78, 5) is 73.2. The zero-order chi connectivity index (χ0) is 61.0. The fourth-order valence-corrected chi connectivity index (χ4v) is 12.1. The summed E-state index contributed by atoms with van der Waals surface area (Å²) in [5, 5.41) is 7.58. The number of hydrogen-bond donors (Lipinski definition) is 2. The summed E-state index contributed by atoms with van der Waals surface area (Å²) in [7, 11) is 1.78. The van der Waals surface area contributed by atoms with Gasteiger partial charge < -0.3 is 19.9 Å². The summed E-state index contributed by atoms with van der Waals surface area (Å²) in [5.41, 5.74) is 2.57. The molecule has 10 nitrogen and oxygen atoms in total. The molecule has 1 fully saturated rings. The Morgan fingerprint density at radius 3 is 1.53 bits per heavy atom. The second-order valence-electron chi connectivity index (χ2n) is 21.7. The first-order valence-corrected chi connectivity index (χ1v) is 29.8. The molecule has 0 aliphatic carbocycles. The third-order valence-corrected chi connectivity index (χ3v) is 16.7. The van der Waals surface area contributed by atoms with Gasteiger partial charge in [-0.1, -0.05) is 242 Å². The molecule has 1 amide bonds. The molecule has 11 rings (SSSR count). The second kappa shape index (κ2) is 27.3. The summed E-state index contributed by atoms with van der Waals surface area (Å²) >= 11 is 13.7. The number of amides is 1. The van der Waals surface area contributed by atoms with Crippen molar-refractivity contribution in [3.8, 4) is 0 Å². The largest absolute Gasteiger partial charge is 0.379 e. The van der Waals surface area contributed by atoms with E-state index < -0.39 is 34.2 Å². The number of hydrogen-bond acceptors (Lipinski definition) is 8. The molecule has 2 atom stereocenters. The number of ether oxygens (including phenoxy) is 1. The van der Waals surface area contributed by atoms with E-state index in [4.69, 9.17) is 32.9 Å². The number of carbonyl (C=O) groups excluding carboxylic acids is 4. The maximum atomic E-state index is 16.9. The molecule has 1 saturated heterocycles. The van der Waals surface area contributed by atoms with Crippen molar-refractivity contribution in [1.29, 1.82) is 0 Å². The van der Waals surface area contributed by atoms with Gasteiger partial charge in [-0.2, -0.15) is 0 Å². The Bertz CT molecular complexity index is 4250. The third kappa shape index (κ3) is 13.0. The molecular formula is C76H63Cl2N5O5. The lowest BCUT2D eigenvalue weighted by Crippen LogP contribution is -2.67. The average Bonchev–Trinajstić information content (AvgIpc) is 0.959. The molecule has 88 heavy (non-hydrogen) atoms. The zero-order valence-electron chi connectivity index (χ0n) is 48.7. The van der Waals surface area contributed by atoms with Crippen LogP contribution in [0.5, 0.6) is 0 Å². The number of ketones is 3. The normalized spacial score (nSPS) is 17.7. The fraction of sp³-hybridized carbons (Fsp3) is 0.118. The van der Waals surface area contributed by atoms with E-state index in [-0.39, 0.29) is 39.4 Å². The van der Waals surface area contributed by atoms with Crippen LogP contribution < -0.4 is 10.6 Å². The van der Waals surface area contributed by atoms with Crippen molar-refractivity contribution in [2.45, 2.75) is 17.9 Å². The number of anilines is 2. The van der Waals surface area contributed by atoms with Crippen molar-refractivity contribution < 1.29 is 23.9 Å². The van der Waals surface area contributed by atoms with E-state index in [0.717, 1.165) is 16.7 Å². The van der Waals surface area contributed by atoms with E-state index in [0.29, 0.717) is 76.3 Å². The number of halogens is 2. The fourth-order valence-electron chi connectivity index (χ4n) is 11.6. The van der Waals surface area contributed by atoms with Crippen LogP contribution in [0.4, 0.5) is 11.6 Å². The third-order valence-electron chi connectivity index (χ3n) is 16.1. The molecule has 436 valence electrons. The summed E-state index contributed by atoms with van der Waals surface area (Å²) in [5.74, 6) is -1.67. The number of morpholine rings is 1. The molecule has 1 aromatic heterocycles. The Morgan fingerprint density at radius 1 is 0.591 bits per heavy atom. The van der Waals surface area contributed by atoms with E-state index in [9.17, 15) is 0 Å². The lowest BCUT2D eigenvalue weighted by atomic mass is 9.53. The second-order valence-corrected chi connectivity index (χ2v) is 22.5. The number of allylic oxidation sites excluding steroid dienone is 4. The van der Waals surface area contributed by atoms with Crippen LogP contribution >= 0.6 is 23.2 Å². The van der Waals surface area contributed by atoms with Gasteiger partial charge in [-0.3, -0.25) is 24.1 Å². The Kier molecular flexibility index (Phi) is 18.6. The van der Waals surface area contributed by atoms with E-state index in [1.165, 1.54) is 18.2 Å². The minimum atomic E-state index is -2.00. The molecular weight excluding hydrogens is 1130 g/mol. The van der Waals surface area contributed by atoms with Crippen molar-refractivity contribution in [3.05, 3.63) is 308 Å². The van der Waals surface area contributed by atoms with Gasteiger partial charge >= 0.3 is 0 Å².